The SMILES string of the molecule is C=C(C)N1CCCC1C(=O)NCCN(C)C.CC. The summed E-state index contributed by atoms with van der Waals surface area (Å²) >= 11 is 0. The number of amides is 1. The lowest BCUT2D eigenvalue weighted by atomic mass is 10.2. The van der Waals surface area contributed by atoms with Gasteiger partial charge in [0.25, 0.3) is 0 Å². The van der Waals surface area contributed by atoms with Gasteiger partial charge in [0.2, 0.25) is 5.91 Å². The standard InChI is InChI=1S/C12H23N3O.C2H6/c1-10(2)15-8-5-6-11(15)12(16)13-7-9-14(3)4;1-2/h11H,1,5-9H2,2-4H3,(H,13,16);1-2H3. The smallest absolute Gasteiger partial charge is 0.242 e. The van der Waals surface area contributed by atoms with Gasteiger partial charge in [-0.15, -0.1) is 0 Å². The fourth-order valence-corrected chi connectivity index (χ4v) is 2.02. The average molecular weight is 255 g/mol. The molecule has 1 amide bonds. The molecule has 106 valence electrons. The summed E-state index contributed by atoms with van der Waals surface area (Å²) in [6.45, 7) is 12.4. The predicted octanol–water partition coefficient (Wildman–Crippen LogP) is 1.69. The zero-order chi connectivity index (χ0) is 14.1. The van der Waals surface area contributed by atoms with Crippen LogP contribution in [0.4, 0.5) is 0 Å². The maximum atomic E-state index is 11.9. The van der Waals surface area contributed by atoms with Gasteiger partial charge in [-0.3, -0.25) is 4.79 Å². The van der Waals surface area contributed by atoms with E-state index in [1.807, 2.05) is 34.9 Å². The van der Waals surface area contributed by atoms with Crippen LogP contribution in [0.3, 0.4) is 0 Å². The zero-order valence-electron chi connectivity index (χ0n) is 12.6. The number of nitrogens with one attached hydrogen (secondary N) is 1. The topological polar surface area (TPSA) is 35.6 Å². The summed E-state index contributed by atoms with van der Waals surface area (Å²) in [5.41, 5.74) is 0.991. The van der Waals surface area contributed by atoms with Crippen molar-refractivity contribution in [1.82, 2.24) is 15.1 Å². The molecule has 4 heteroatoms. The highest BCUT2D eigenvalue weighted by atomic mass is 16.2. The molecule has 1 fully saturated rings. The van der Waals surface area contributed by atoms with Crippen LogP contribution in [0, 0.1) is 0 Å². The molecule has 0 saturated carbocycles. The largest absolute Gasteiger partial charge is 0.364 e. The van der Waals surface area contributed by atoms with Crippen molar-refractivity contribution in [3.8, 4) is 0 Å². The van der Waals surface area contributed by atoms with Gasteiger partial charge in [0.05, 0.1) is 0 Å². The normalized spacial score (nSPS) is 18.3. The van der Waals surface area contributed by atoms with E-state index in [0.29, 0.717) is 6.54 Å². The summed E-state index contributed by atoms with van der Waals surface area (Å²) in [5.74, 6) is 0.141. The third-order valence-corrected chi connectivity index (χ3v) is 2.90. The van der Waals surface area contributed by atoms with Crippen molar-refractivity contribution in [3.05, 3.63) is 12.3 Å². The van der Waals surface area contributed by atoms with E-state index in [9.17, 15) is 4.79 Å². The molecule has 0 aromatic carbocycles. The van der Waals surface area contributed by atoms with Crippen LogP contribution in [-0.4, -0.2) is 55.5 Å². The minimum Gasteiger partial charge on any atom is -0.364 e. The molecule has 0 aromatic heterocycles. The van der Waals surface area contributed by atoms with Gasteiger partial charge in [-0.2, -0.15) is 0 Å². The predicted molar refractivity (Wildman–Crippen MR) is 77.5 cm³/mol. The molecule has 1 aliphatic rings. The van der Waals surface area contributed by atoms with Crippen LogP contribution >= 0.6 is 0 Å². The summed E-state index contributed by atoms with van der Waals surface area (Å²) in [7, 11) is 4.00. The van der Waals surface area contributed by atoms with Crippen LogP contribution in [0.25, 0.3) is 0 Å². The lowest BCUT2D eigenvalue weighted by molar-refractivity contribution is -0.124. The molecule has 1 saturated heterocycles. The second-order valence-corrected chi connectivity index (χ2v) is 4.68. The maximum Gasteiger partial charge on any atom is 0.242 e. The Balaban J connectivity index is 0.00000137. The second-order valence-electron chi connectivity index (χ2n) is 4.68. The van der Waals surface area contributed by atoms with Crippen molar-refractivity contribution >= 4 is 5.91 Å². The first kappa shape index (κ1) is 17.0. The van der Waals surface area contributed by atoms with Gasteiger partial charge >= 0.3 is 0 Å². The third-order valence-electron chi connectivity index (χ3n) is 2.90. The number of likely N-dealkylation sites (N-methyl/N-ethyl adjacent to an activating group) is 1. The highest BCUT2D eigenvalue weighted by Gasteiger charge is 2.29. The molecule has 0 aliphatic carbocycles. The van der Waals surface area contributed by atoms with Crippen LogP contribution in [0.2, 0.25) is 0 Å². The molecular weight excluding hydrogens is 226 g/mol. The van der Waals surface area contributed by atoms with Crippen LogP contribution in [-0.2, 0) is 4.79 Å². The fourth-order valence-electron chi connectivity index (χ4n) is 2.02. The first-order valence-corrected chi connectivity index (χ1v) is 6.87. The number of hydrogen-bond acceptors (Lipinski definition) is 3. The van der Waals surface area contributed by atoms with E-state index in [1.165, 1.54) is 0 Å². The summed E-state index contributed by atoms with van der Waals surface area (Å²) in [6, 6.07) is -0.000313. The van der Waals surface area contributed by atoms with Gasteiger partial charge in [0.1, 0.15) is 6.04 Å². The minimum atomic E-state index is -0.000313. The number of hydrogen-bond donors (Lipinski definition) is 1. The number of nitrogens with zero attached hydrogens (tertiary/aromatic N) is 2. The second kappa shape index (κ2) is 8.97. The molecule has 1 unspecified atom stereocenters. The van der Waals surface area contributed by atoms with E-state index in [-0.39, 0.29) is 11.9 Å². The van der Waals surface area contributed by atoms with Crippen molar-refractivity contribution in [3.63, 3.8) is 0 Å². The number of allylic oxidation sites excluding steroid dienone is 1. The average Bonchev–Trinajstić information content (AvgIpc) is 2.80. The molecule has 0 radical (unpaired) electrons. The van der Waals surface area contributed by atoms with Crippen molar-refractivity contribution in [2.45, 2.75) is 39.7 Å². The van der Waals surface area contributed by atoms with Crippen LogP contribution in [0.15, 0.2) is 12.3 Å². The quantitative estimate of drug-likeness (QED) is 0.812. The molecule has 1 aliphatic heterocycles. The van der Waals surface area contributed by atoms with Gasteiger partial charge in [-0.1, -0.05) is 20.4 Å². The van der Waals surface area contributed by atoms with E-state index >= 15 is 0 Å². The Morgan fingerprint density at radius 1 is 1.44 bits per heavy atom. The molecule has 0 spiro atoms. The Labute approximate surface area is 112 Å². The van der Waals surface area contributed by atoms with Gasteiger partial charge in [0.15, 0.2) is 0 Å². The van der Waals surface area contributed by atoms with Crippen molar-refractivity contribution < 1.29 is 4.79 Å². The fraction of sp³-hybridized carbons (Fsp3) is 0.786. The van der Waals surface area contributed by atoms with E-state index in [4.69, 9.17) is 0 Å². The van der Waals surface area contributed by atoms with E-state index in [2.05, 4.69) is 21.7 Å². The van der Waals surface area contributed by atoms with Crippen LogP contribution in [0.1, 0.15) is 33.6 Å². The molecule has 1 rings (SSSR count). The van der Waals surface area contributed by atoms with E-state index in [0.717, 1.165) is 31.6 Å². The molecule has 0 bridgehead atoms. The molecule has 18 heavy (non-hydrogen) atoms. The van der Waals surface area contributed by atoms with Gasteiger partial charge in [-0.05, 0) is 33.9 Å². The van der Waals surface area contributed by atoms with Crippen molar-refractivity contribution in [2.24, 2.45) is 0 Å². The van der Waals surface area contributed by atoms with Gasteiger partial charge < -0.3 is 15.1 Å². The molecule has 4 nitrogen and oxygen atoms in total. The number of carbonyl (C=O) groups is 1. The number of likely N-dealkylation sites (tertiary alicyclic amines) is 1. The monoisotopic (exact) mass is 255 g/mol. The Bertz CT molecular complexity index is 264. The van der Waals surface area contributed by atoms with Crippen LogP contribution in [0.5, 0.6) is 0 Å². The molecule has 1 atom stereocenters. The van der Waals surface area contributed by atoms with Gasteiger partial charge in [-0.25, -0.2) is 0 Å². The lowest BCUT2D eigenvalue weighted by Crippen LogP contribution is -2.44. The summed E-state index contributed by atoms with van der Waals surface area (Å²) in [5, 5.41) is 2.98. The van der Waals surface area contributed by atoms with Crippen LogP contribution < -0.4 is 5.32 Å². The summed E-state index contributed by atoms with van der Waals surface area (Å²) < 4.78 is 0. The first-order valence-electron chi connectivity index (χ1n) is 6.87. The Hall–Kier alpha value is -1.03. The number of carbonyl (C=O) groups excluding carboxylic acids is 1. The van der Waals surface area contributed by atoms with Crippen molar-refractivity contribution in [1.29, 1.82) is 0 Å². The third kappa shape index (κ3) is 5.54. The van der Waals surface area contributed by atoms with Crippen molar-refractivity contribution in [2.75, 3.05) is 33.7 Å². The highest BCUT2D eigenvalue weighted by molar-refractivity contribution is 5.82. The lowest BCUT2D eigenvalue weighted by Gasteiger charge is -2.26. The molecular formula is C14H29N3O. The highest BCUT2D eigenvalue weighted by Crippen LogP contribution is 2.20. The summed E-state index contributed by atoms with van der Waals surface area (Å²) in [4.78, 5) is 16.1. The Morgan fingerprint density at radius 2 is 2.06 bits per heavy atom. The molecule has 0 aromatic rings. The Kier molecular flexibility index (Phi) is 8.46. The first-order chi connectivity index (χ1) is 8.52. The van der Waals surface area contributed by atoms with E-state index in [1.54, 1.807) is 0 Å². The Morgan fingerprint density at radius 3 is 2.56 bits per heavy atom. The molecule has 1 heterocycles. The number of rotatable bonds is 5. The maximum absolute atomic E-state index is 11.9. The van der Waals surface area contributed by atoms with E-state index < -0.39 is 0 Å². The minimum absolute atomic E-state index is 0.000313. The zero-order valence-corrected chi connectivity index (χ0v) is 12.6. The molecule has 1 N–H and O–H groups in total. The van der Waals surface area contributed by atoms with Gasteiger partial charge in [0, 0.05) is 25.3 Å². The summed E-state index contributed by atoms with van der Waals surface area (Å²) in [6.07, 6.45) is 2.03.